The number of halogens is 3. The standard InChI is InChI=1S/C13H13Br2Cl/c14-10-1-2-12(15)11(6-10)13(16)9-4-7-3-8(7)5-9/h1-2,6-9,13H,3-5H2. The summed E-state index contributed by atoms with van der Waals surface area (Å²) >= 11 is 13.7. The second-order valence-electron chi connectivity index (χ2n) is 5.05. The van der Waals surface area contributed by atoms with Crippen LogP contribution in [0.3, 0.4) is 0 Å². The summed E-state index contributed by atoms with van der Waals surface area (Å²) in [6, 6.07) is 6.26. The molecule has 0 aromatic heterocycles. The summed E-state index contributed by atoms with van der Waals surface area (Å²) in [7, 11) is 0. The van der Waals surface area contributed by atoms with Crippen LogP contribution in [-0.4, -0.2) is 0 Å². The third kappa shape index (κ3) is 2.09. The van der Waals surface area contributed by atoms with Crippen molar-refractivity contribution >= 4 is 43.5 Å². The van der Waals surface area contributed by atoms with Crippen LogP contribution in [0, 0.1) is 17.8 Å². The Kier molecular flexibility index (Phi) is 3.10. The molecule has 0 radical (unpaired) electrons. The highest BCUT2D eigenvalue weighted by atomic mass is 79.9. The molecule has 86 valence electrons. The maximum absolute atomic E-state index is 6.62. The lowest BCUT2D eigenvalue weighted by molar-refractivity contribution is 0.470. The van der Waals surface area contributed by atoms with Crippen molar-refractivity contribution in [2.75, 3.05) is 0 Å². The molecule has 1 aromatic carbocycles. The van der Waals surface area contributed by atoms with Gasteiger partial charge in [-0.2, -0.15) is 0 Å². The van der Waals surface area contributed by atoms with Crippen molar-refractivity contribution in [2.45, 2.75) is 24.6 Å². The average molecular weight is 365 g/mol. The molecule has 0 nitrogen and oxygen atoms in total. The second-order valence-corrected chi connectivity index (χ2v) is 7.30. The number of alkyl halides is 1. The average Bonchev–Trinajstić information content (AvgIpc) is 2.88. The fourth-order valence-corrected chi connectivity index (χ4v) is 4.37. The molecule has 2 saturated carbocycles. The predicted octanol–water partition coefficient (Wildman–Crippen LogP) is 5.54. The van der Waals surface area contributed by atoms with Crippen LogP contribution in [0.2, 0.25) is 0 Å². The Hall–Kier alpha value is 0.470. The molecule has 3 atom stereocenters. The Morgan fingerprint density at radius 2 is 1.81 bits per heavy atom. The van der Waals surface area contributed by atoms with Gasteiger partial charge >= 0.3 is 0 Å². The van der Waals surface area contributed by atoms with E-state index in [1.165, 1.54) is 24.8 Å². The van der Waals surface area contributed by atoms with Gasteiger partial charge in [-0.1, -0.05) is 31.9 Å². The van der Waals surface area contributed by atoms with E-state index in [9.17, 15) is 0 Å². The summed E-state index contributed by atoms with van der Waals surface area (Å²) in [6.45, 7) is 0. The van der Waals surface area contributed by atoms with Crippen molar-refractivity contribution in [1.29, 1.82) is 0 Å². The van der Waals surface area contributed by atoms with E-state index in [-0.39, 0.29) is 5.38 Å². The fraction of sp³-hybridized carbons (Fsp3) is 0.538. The van der Waals surface area contributed by atoms with E-state index < -0.39 is 0 Å². The van der Waals surface area contributed by atoms with E-state index >= 15 is 0 Å². The molecule has 2 aliphatic carbocycles. The van der Waals surface area contributed by atoms with Gasteiger partial charge in [-0.25, -0.2) is 0 Å². The number of hydrogen-bond donors (Lipinski definition) is 0. The number of hydrogen-bond acceptors (Lipinski definition) is 0. The summed E-state index contributed by atoms with van der Waals surface area (Å²) < 4.78 is 2.25. The molecule has 0 spiro atoms. The Balaban J connectivity index is 1.82. The minimum atomic E-state index is 0.166. The molecule has 1 aromatic rings. The second kappa shape index (κ2) is 4.29. The minimum absolute atomic E-state index is 0.166. The molecule has 0 bridgehead atoms. The highest BCUT2D eigenvalue weighted by molar-refractivity contribution is 9.11. The van der Waals surface area contributed by atoms with Gasteiger partial charge < -0.3 is 0 Å². The summed E-state index contributed by atoms with van der Waals surface area (Å²) in [4.78, 5) is 0. The number of rotatable bonds is 2. The minimum Gasteiger partial charge on any atom is -0.117 e. The summed E-state index contributed by atoms with van der Waals surface area (Å²) in [5, 5.41) is 0.166. The van der Waals surface area contributed by atoms with Crippen LogP contribution < -0.4 is 0 Å². The zero-order chi connectivity index (χ0) is 11.3. The zero-order valence-electron chi connectivity index (χ0n) is 8.80. The lowest BCUT2D eigenvalue weighted by Crippen LogP contribution is -2.06. The van der Waals surface area contributed by atoms with E-state index in [2.05, 4.69) is 44.0 Å². The van der Waals surface area contributed by atoms with E-state index in [4.69, 9.17) is 11.6 Å². The normalized spacial score (nSPS) is 33.6. The number of benzene rings is 1. The van der Waals surface area contributed by atoms with Gasteiger partial charge in [-0.05, 0) is 60.8 Å². The third-order valence-electron chi connectivity index (χ3n) is 3.95. The molecule has 0 heterocycles. The first-order valence-electron chi connectivity index (χ1n) is 5.74. The van der Waals surface area contributed by atoms with Crippen molar-refractivity contribution < 1.29 is 0 Å². The van der Waals surface area contributed by atoms with Crippen LogP contribution in [0.25, 0.3) is 0 Å². The van der Waals surface area contributed by atoms with Gasteiger partial charge in [-0.15, -0.1) is 11.6 Å². The molecule has 2 fully saturated rings. The molecular formula is C13H13Br2Cl. The molecule has 3 heteroatoms. The van der Waals surface area contributed by atoms with Gasteiger partial charge in [0.15, 0.2) is 0 Å². The van der Waals surface area contributed by atoms with Gasteiger partial charge in [-0.3, -0.25) is 0 Å². The number of fused-ring (bicyclic) bond motifs is 1. The molecule has 16 heavy (non-hydrogen) atoms. The Bertz CT molecular complexity index is 408. The van der Waals surface area contributed by atoms with Crippen molar-refractivity contribution in [2.24, 2.45) is 17.8 Å². The molecule has 0 saturated heterocycles. The zero-order valence-corrected chi connectivity index (χ0v) is 12.7. The van der Waals surface area contributed by atoms with E-state index in [1.54, 1.807) is 0 Å². The highest BCUT2D eigenvalue weighted by Gasteiger charge is 2.47. The van der Waals surface area contributed by atoms with Crippen LogP contribution in [-0.2, 0) is 0 Å². The van der Waals surface area contributed by atoms with E-state index in [0.717, 1.165) is 20.8 Å². The van der Waals surface area contributed by atoms with Crippen LogP contribution in [0.4, 0.5) is 0 Å². The van der Waals surface area contributed by atoms with E-state index in [0.29, 0.717) is 5.92 Å². The first kappa shape index (κ1) is 11.6. The SMILES string of the molecule is ClC(c1cc(Br)ccc1Br)C1CC2CC2C1. The Labute approximate surface area is 118 Å². The van der Waals surface area contributed by atoms with Gasteiger partial charge in [0.05, 0.1) is 5.38 Å². The lowest BCUT2D eigenvalue weighted by atomic mass is 9.94. The first-order chi connectivity index (χ1) is 7.65. The molecule has 0 N–H and O–H groups in total. The van der Waals surface area contributed by atoms with E-state index in [1.807, 2.05) is 6.07 Å². The topological polar surface area (TPSA) is 0 Å². The first-order valence-corrected chi connectivity index (χ1v) is 7.76. The van der Waals surface area contributed by atoms with Gasteiger partial charge in [0, 0.05) is 8.95 Å². The maximum Gasteiger partial charge on any atom is 0.0625 e. The smallest absolute Gasteiger partial charge is 0.0625 e. The van der Waals surface area contributed by atoms with Crippen molar-refractivity contribution in [3.63, 3.8) is 0 Å². The predicted molar refractivity (Wildman–Crippen MR) is 74.8 cm³/mol. The molecular weight excluding hydrogens is 351 g/mol. The quantitative estimate of drug-likeness (QED) is 0.605. The summed E-state index contributed by atoms with van der Waals surface area (Å²) in [6.07, 6.45) is 4.12. The summed E-state index contributed by atoms with van der Waals surface area (Å²) in [5.74, 6) is 2.67. The van der Waals surface area contributed by atoms with Gasteiger partial charge in [0.25, 0.3) is 0 Å². The Morgan fingerprint density at radius 3 is 2.50 bits per heavy atom. The third-order valence-corrected chi connectivity index (χ3v) is 5.76. The van der Waals surface area contributed by atoms with Crippen LogP contribution in [0.1, 0.15) is 30.2 Å². The van der Waals surface area contributed by atoms with Crippen molar-refractivity contribution in [3.05, 3.63) is 32.7 Å². The monoisotopic (exact) mass is 362 g/mol. The lowest BCUT2D eigenvalue weighted by Gasteiger charge is -2.20. The Morgan fingerprint density at radius 1 is 1.12 bits per heavy atom. The molecule has 0 aliphatic heterocycles. The molecule has 3 unspecified atom stereocenters. The highest BCUT2D eigenvalue weighted by Crippen LogP contribution is 2.58. The maximum atomic E-state index is 6.62. The van der Waals surface area contributed by atoms with Crippen molar-refractivity contribution in [3.8, 4) is 0 Å². The largest absolute Gasteiger partial charge is 0.117 e. The molecule has 3 rings (SSSR count). The van der Waals surface area contributed by atoms with Crippen LogP contribution >= 0.6 is 43.5 Å². The van der Waals surface area contributed by atoms with Crippen molar-refractivity contribution in [1.82, 2.24) is 0 Å². The van der Waals surface area contributed by atoms with Crippen LogP contribution in [0.15, 0.2) is 27.1 Å². The molecule has 2 aliphatic rings. The van der Waals surface area contributed by atoms with Gasteiger partial charge in [0.1, 0.15) is 0 Å². The molecule has 0 amide bonds. The van der Waals surface area contributed by atoms with Crippen LogP contribution in [0.5, 0.6) is 0 Å². The van der Waals surface area contributed by atoms with Gasteiger partial charge in [0.2, 0.25) is 0 Å². The summed E-state index contributed by atoms with van der Waals surface area (Å²) in [5.41, 5.74) is 1.24. The fourth-order valence-electron chi connectivity index (χ4n) is 2.98.